The summed E-state index contributed by atoms with van der Waals surface area (Å²) >= 11 is 0. The fraction of sp³-hybridized carbons (Fsp3) is 0.100. The van der Waals surface area contributed by atoms with Gasteiger partial charge in [-0.1, -0.05) is 18.1 Å². The minimum atomic E-state index is -0.297. The maximum Gasteiger partial charge on any atom is 0.132 e. The Bertz CT molecular complexity index is 1020. The Kier molecular flexibility index (Phi) is 3.28. The van der Waals surface area contributed by atoms with Gasteiger partial charge in [-0.25, -0.2) is 9.37 Å². The van der Waals surface area contributed by atoms with E-state index in [0.29, 0.717) is 17.8 Å². The van der Waals surface area contributed by atoms with Crippen molar-refractivity contribution in [3.63, 3.8) is 0 Å². The number of hydrogen-bond donors (Lipinski definition) is 0. The highest BCUT2D eigenvalue weighted by Gasteiger charge is 2.22. The summed E-state index contributed by atoms with van der Waals surface area (Å²) in [5.41, 5.74) is 5.46. The summed E-state index contributed by atoms with van der Waals surface area (Å²) < 4.78 is 16.4. The maximum absolute atomic E-state index is 14.4. The lowest BCUT2D eigenvalue weighted by Crippen LogP contribution is -2.09. The molecule has 4 heteroatoms. The van der Waals surface area contributed by atoms with Gasteiger partial charge in [-0.05, 0) is 37.3 Å². The molecular weight excluding hydrogens is 301 g/mol. The molecule has 1 aliphatic rings. The van der Waals surface area contributed by atoms with E-state index in [2.05, 4.69) is 10.9 Å². The molecule has 0 radical (unpaired) electrons. The van der Waals surface area contributed by atoms with E-state index in [1.165, 1.54) is 6.07 Å². The van der Waals surface area contributed by atoms with E-state index >= 15 is 0 Å². The summed E-state index contributed by atoms with van der Waals surface area (Å²) in [7, 11) is 0. The molecule has 1 aromatic heterocycles. The lowest BCUT2D eigenvalue weighted by Gasteiger charge is -2.12. The number of aromatic nitrogens is 2. The molecule has 2 aromatic carbocycles. The molecular formula is C20H14FN3. The maximum atomic E-state index is 14.4. The smallest absolute Gasteiger partial charge is 0.132 e. The van der Waals surface area contributed by atoms with Gasteiger partial charge in [-0.15, -0.1) is 6.42 Å². The van der Waals surface area contributed by atoms with Gasteiger partial charge in [-0.3, -0.25) is 4.99 Å². The topological polar surface area (TPSA) is 30.2 Å². The third-order valence-electron chi connectivity index (χ3n) is 4.27. The molecule has 3 aromatic rings. The highest BCUT2D eigenvalue weighted by atomic mass is 19.1. The molecule has 0 fully saturated rings. The molecule has 0 aliphatic carbocycles. The standard InChI is InChI=1S/C20H14FN3/c1-3-14-8-9-18-16(10-14)20(15-6-4-5-7-17(15)21)22-11-19-13(2)23-12-24(18)19/h1,4-10,12H,11H2,2H3. The SMILES string of the molecule is C#Cc1ccc2c(c1)C(c1ccccc1F)=NCc1c(C)ncn1-2. The van der Waals surface area contributed by atoms with Crippen LogP contribution >= 0.6 is 0 Å². The van der Waals surface area contributed by atoms with E-state index in [9.17, 15) is 4.39 Å². The molecule has 0 atom stereocenters. The fourth-order valence-corrected chi connectivity index (χ4v) is 3.01. The first kappa shape index (κ1) is 14.4. The van der Waals surface area contributed by atoms with Crippen molar-refractivity contribution in [3.8, 4) is 18.0 Å². The monoisotopic (exact) mass is 315 g/mol. The van der Waals surface area contributed by atoms with E-state index in [4.69, 9.17) is 11.4 Å². The summed E-state index contributed by atoms with van der Waals surface area (Å²) in [4.78, 5) is 9.07. The number of halogens is 1. The number of imidazole rings is 1. The van der Waals surface area contributed by atoms with Gasteiger partial charge in [0.15, 0.2) is 0 Å². The van der Waals surface area contributed by atoms with Crippen molar-refractivity contribution >= 4 is 5.71 Å². The van der Waals surface area contributed by atoms with E-state index in [0.717, 1.165) is 28.2 Å². The predicted molar refractivity (Wildman–Crippen MR) is 92.0 cm³/mol. The van der Waals surface area contributed by atoms with Crippen LogP contribution in [0.3, 0.4) is 0 Å². The molecule has 2 heterocycles. The Balaban J connectivity index is 2.03. The number of rotatable bonds is 1. The molecule has 0 spiro atoms. The van der Waals surface area contributed by atoms with Crippen LogP contribution in [0.1, 0.15) is 28.1 Å². The average molecular weight is 315 g/mol. The third-order valence-corrected chi connectivity index (χ3v) is 4.27. The van der Waals surface area contributed by atoms with Crippen molar-refractivity contribution in [3.05, 3.63) is 82.7 Å². The Hall–Kier alpha value is -3.19. The number of terminal acetylenes is 1. The molecule has 0 amide bonds. The van der Waals surface area contributed by atoms with Crippen LogP contribution in [-0.2, 0) is 6.54 Å². The predicted octanol–water partition coefficient (Wildman–Crippen LogP) is 3.65. The van der Waals surface area contributed by atoms with Crippen molar-refractivity contribution < 1.29 is 4.39 Å². The van der Waals surface area contributed by atoms with Crippen LogP contribution in [0, 0.1) is 25.1 Å². The highest BCUT2D eigenvalue weighted by molar-refractivity contribution is 6.15. The molecule has 1 aliphatic heterocycles. The van der Waals surface area contributed by atoms with Crippen molar-refractivity contribution in [2.45, 2.75) is 13.5 Å². The van der Waals surface area contributed by atoms with Crippen LogP contribution in [-0.4, -0.2) is 15.3 Å². The molecule has 0 N–H and O–H groups in total. The number of aryl methyl sites for hydroxylation is 1. The Labute approximate surface area is 139 Å². The van der Waals surface area contributed by atoms with Crippen molar-refractivity contribution in [1.82, 2.24) is 9.55 Å². The van der Waals surface area contributed by atoms with Crippen LogP contribution in [0.5, 0.6) is 0 Å². The summed E-state index contributed by atoms with van der Waals surface area (Å²) in [5, 5.41) is 0. The van der Waals surface area contributed by atoms with Crippen LogP contribution in [0.4, 0.5) is 4.39 Å². The summed E-state index contributed by atoms with van der Waals surface area (Å²) in [6, 6.07) is 12.4. The third kappa shape index (κ3) is 2.14. The first-order chi connectivity index (χ1) is 11.7. The molecule has 4 rings (SSSR count). The van der Waals surface area contributed by atoms with Gasteiger partial charge >= 0.3 is 0 Å². The first-order valence-corrected chi connectivity index (χ1v) is 7.62. The van der Waals surface area contributed by atoms with Crippen LogP contribution in [0.15, 0.2) is 53.8 Å². The minimum absolute atomic E-state index is 0.297. The van der Waals surface area contributed by atoms with Gasteiger partial charge in [0.05, 0.1) is 35.7 Å². The second-order valence-corrected chi connectivity index (χ2v) is 5.67. The zero-order valence-corrected chi connectivity index (χ0v) is 13.1. The number of benzene rings is 2. The van der Waals surface area contributed by atoms with Crippen LogP contribution in [0.25, 0.3) is 5.69 Å². The highest BCUT2D eigenvalue weighted by Crippen LogP contribution is 2.28. The van der Waals surface area contributed by atoms with E-state index in [1.807, 2.05) is 35.8 Å². The lowest BCUT2D eigenvalue weighted by atomic mass is 9.98. The van der Waals surface area contributed by atoms with Gasteiger partial charge in [0.25, 0.3) is 0 Å². The Morgan fingerprint density at radius 3 is 2.79 bits per heavy atom. The van der Waals surface area contributed by atoms with Gasteiger partial charge in [-0.2, -0.15) is 0 Å². The van der Waals surface area contributed by atoms with Crippen molar-refractivity contribution in [2.24, 2.45) is 4.99 Å². The molecule has 116 valence electrons. The van der Waals surface area contributed by atoms with Gasteiger partial charge in [0, 0.05) is 16.7 Å². The molecule has 0 saturated heterocycles. The van der Waals surface area contributed by atoms with E-state index in [1.54, 1.807) is 18.5 Å². The normalized spacial score (nSPS) is 12.6. The van der Waals surface area contributed by atoms with Gasteiger partial charge < -0.3 is 4.57 Å². The summed E-state index contributed by atoms with van der Waals surface area (Å²) in [6.45, 7) is 2.39. The number of fused-ring (bicyclic) bond motifs is 3. The number of nitrogens with zero attached hydrogens (tertiary/aromatic N) is 3. The Morgan fingerprint density at radius 1 is 1.17 bits per heavy atom. The summed E-state index contributed by atoms with van der Waals surface area (Å²) in [5.74, 6) is 2.34. The molecule has 24 heavy (non-hydrogen) atoms. The Morgan fingerprint density at radius 2 is 2.00 bits per heavy atom. The quantitative estimate of drug-likeness (QED) is 0.630. The first-order valence-electron chi connectivity index (χ1n) is 7.62. The molecule has 0 bridgehead atoms. The molecule has 3 nitrogen and oxygen atoms in total. The van der Waals surface area contributed by atoms with Gasteiger partial charge in [0.2, 0.25) is 0 Å². The largest absolute Gasteiger partial charge is 0.300 e. The van der Waals surface area contributed by atoms with Crippen LogP contribution in [0.2, 0.25) is 0 Å². The summed E-state index contributed by atoms with van der Waals surface area (Å²) in [6.07, 6.45) is 7.33. The van der Waals surface area contributed by atoms with E-state index < -0.39 is 0 Å². The van der Waals surface area contributed by atoms with E-state index in [-0.39, 0.29) is 5.82 Å². The molecule has 0 unspecified atom stereocenters. The average Bonchev–Trinajstić information content (AvgIpc) is 2.88. The molecule has 0 saturated carbocycles. The van der Waals surface area contributed by atoms with Crippen molar-refractivity contribution in [2.75, 3.05) is 0 Å². The number of hydrogen-bond acceptors (Lipinski definition) is 2. The second-order valence-electron chi connectivity index (χ2n) is 5.67. The van der Waals surface area contributed by atoms with Crippen molar-refractivity contribution in [1.29, 1.82) is 0 Å². The lowest BCUT2D eigenvalue weighted by molar-refractivity contribution is 0.625. The second kappa shape index (κ2) is 5.47. The minimum Gasteiger partial charge on any atom is -0.300 e. The van der Waals surface area contributed by atoms with Gasteiger partial charge in [0.1, 0.15) is 5.82 Å². The zero-order valence-electron chi connectivity index (χ0n) is 13.1. The zero-order chi connectivity index (χ0) is 16.7. The fourth-order valence-electron chi connectivity index (χ4n) is 3.01. The van der Waals surface area contributed by atoms with Crippen LogP contribution < -0.4 is 0 Å². The number of aliphatic imine (C=N–C) groups is 1.